The van der Waals surface area contributed by atoms with Gasteiger partial charge in [0.15, 0.2) is 11.2 Å². The number of methoxy groups -OCH3 is 1. The lowest BCUT2D eigenvalue weighted by Gasteiger charge is -2.32. The van der Waals surface area contributed by atoms with Crippen LogP contribution < -0.4 is 17.2 Å². The zero-order valence-electron chi connectivity index (χ0n) is 33.4. The van der Waals surface area contributed by atoms with Crippen LogP contribution in [0, 0.1) is 0 Å². The van der Waals surface area contributed by atoms with E-state index in [9.17, 15) is 4.79 Å². The minimum absolute atomic E-state index is 0.0768. The molecular formula is C38H61N9O10. The van der Waals surface area contributed by atoms with E-state index < -0.39 is 0 Å². The monoisotopic (exact) mass is 803 g/mol. The van der Waals surface area contributed by atoms with Crippen LogP contribution in [0.25, 0.3) is 33.4 Å². The zero-order valence-corrected chi connectivity index (χ0v) is 33.4. The SMILES string of the molecule is CCCOCCOCCC(=O)N1CCC(n2nc(-c3ccc4oc(N)nc4c3)c3c(N)ncnc32)CC1.COCCOCCOCCOCCOCCOCCN. The Hall–Kier alpha value is -4.05. The van der Waals surface area contributed by atoms with Crippen molar-refractivity contribution in [1.29, 1.82) is 0 Å². The molecule has 0 spiro atoms. The molecule has 5 rings (SSSR count). The van der Waals surface area contributed by atoms with Crippen molar-refractivity contribution in [3.63, 3.8) is 0 Å². The van der Waals surface area contributed by atoms with Crippen molar-refractivity contribution in [2.24, 2.45) is 5.73 Å². The summed E-state index contributed by atoms with van der Waals surface area (Å²) in [7, 11) is 1.65. The predicted octanol–water partition coefficient (Wildman–Crippen LogP) is 2.47. The maximum Gasteiger partial charge on any atom is 0.292 e. The number of benzene rings is 1. The Bertz CT molecular complexity index is 1680. The molecule has 0 unspecified atom stereocenters. The third-order valence-corrected chi connectivity index (χ3v) is 8.72. The molecule has 0 atom stereocenters. The Morgan fingerprint density at radius 3 is 1.96 bits per heavy atom. The Morgan fingerprint density at radius 1 is 0.789 bits per heavy atom. The van der Waals surface area contributed by atoms with Gasteiger partial charge in [-0.2, -0.15) is 10.1 Å². The molecule has 0 saturated carbocycles. The highest BCUT2D eigenvalue weighted by molar-refractivity contribution is 5.99. The van der Waals surface area contributed by atoms with Crippen LogP contribution in [0.4, 0.5) is 11.8 Å². The summed E-state index contributed by atoms with van der Waals surface area (Å²) in [6, 6.07) is 5.76. The van der Waals surface area contributed by atoms with E-state index in [-0.39, 0.29) is 18.0 Å². The summed E-state index contributed by atoms with van der Waals surface area (Å²) in [6.45, 7) is 12.4. The lowest BCUT2D eigenvalue weighted by molar-refractivity contribution is -0.133. The molecule has 19 nitrogen and oxygen atoms in total. The maximum atomic E-state index is 12.7. The molecule has 19 heteroatoms. The van der Waals surface area contributed by atoms with Crippen LogP contribution in [-0.2, 0) is 42.7 Å². The lowest BCUT2D eigenvalue weighted by Crippen LogP contribution is -2.39. The van der Waals surface area contributed by atoms with Crippen LogP contribution in [0.2, 0.25) is 0 Å². The Morgan fingerprint density at radius 2 is 1.37 bits per heavy atom. The van der Waals surface area contributed by atoms with Crippen LogP contribution >= 0.6 is 0 Å². The van der Waals surface area contributed by atoms with Crippen molar-refractivity contribution in [1.82, 2.24) is 29.6 Å². The molecule has 6 N–H and O–H groups in total. The number of oxazole rings is 1. The molecule has 1 aliphatic rings. The average molecular weight is 804 g/mol. The molecule has 318 valence electrons. The molecular weight excluding hydrogens is 742 g/mol. The van der Waals surface area contributed by atoms with Gasteiger partial charge in [-0.1, -0.05) is 6.92 Å². The first kappa shape index (κ1) is 45.6. The van der Waals surface area contributed by atoms with Crippen LogP contribution in [0.15, 0.2) is 28.9 Å². The standard InChI is InChI=1S/C25H32N8O4.C13H29NO6/c1-2-10-35-12-13-36-11-7-20(34)32-8-5-17(6-9-32)33-24-21(23(26)28-15-29-24)22(31-33)16-3-4-19-18(14-16)30-25(27)37-19;1-15-4-5-17-8-9-19-12-13-20-11-10-18-7-6-16-3-2-14/h3-4,14-15,17H,2,5-13H2,1H3,(H2,27,30)(H2,26,28,29);2-14H2,1H3. The molecule has 3 aromatic heterocycles. The van der Waals surface area contributed by atoms with Crippen molar-refractivity contribution in [3.8, 4) is 11.3 Å². The zero-order chi connectivity index (χ0) is 40.5. The summed E-state index contributed by atoms with van der Waals surface area (Å²) in [4.78, 5) is 27.5. The number of carbonyl (C=O) groups excluding carboxylic acids is 1. The highest BCUT2D eigenvalue weighted by Gasteiger charge is 2.28. The first-order chi connectivity index (χ1) is 28.0. The van der Waals surface area contributed by atoms with Gasteiger partial charge in [0.05, 0.1) is 110 Å². The molecule has 57 heavy (non-hydrogen) atoms. The molecule has 4 heterocycles. The highest BCUT2D eigenvalue weighted by atomic mass is 16.6. The molecule has 1 aliphatic heterocycles. The Balaban J connectivity index is 0.000000308. The van der Waals surface area contributed by atoms with Crippen LogP contribution in [0.5, 0.6) is 0 Å². The Labute approximate surface area is 333 Å². The van der Waals surface area contributed by atoms with Crippen molar-refractivity contribution < 1.29 is 47.1 Å². The van der Waals surface area contributed by atoms with E-state index >= 15 is 0 Å². The summed E-state index contributed by atoms with van der Waals surface area (Å²) < 4.78 is 49.5. The number of hydrogen-bond donors (Lipinski definition) is 3. The summed E-state index contributed by atoms with van der Waals surface area (Å²) >= 11 is 0. The number of fused-ring (bicyclic) bond motifs is 2. The van der Waals surface area contributed by atoms with Gasteiger partial charge in [-0.05, 0) is 37.5 Å². The highest BCUT2D eigenvalue weighted by Crippen LogP contribution is 2.35. The van der Waals surface area contributed by atoms with E-state index in [2.05, 4.69) is 21.9 Å². The predicted molar refractivity (Wildman–Crippen MR) is 214 cm³/mol. The largest absolute Gasteiger partial charge is 0.424 e. The van der Waals surface area contributed by atoms with E-state index in [1.807, 2.05) is 27.8 Å². The number of amides is 1. The van der Waals surface area contributed by atoms with Gasteiger partial charge < -0.3 is 64.4 Å². The summed E-state index contributed by atoms with van der Waals surface area (Å²) in [6.07, 6.45) is 4.32. The maximum absolute atomic E-state index is 12.7. The van der Waals surface area contributed by atoms with Crippen LogP contribution in [-0.4, -0.2) is 161 Å². The second-order valence-corrected chi connectivity index (χ2v) is 12.9. The fourth-order valence-electron chi connectivity index (χ4n) is 5.90. The van der Waals surface area contributed by atoms with Crippen LogP contribution in [0.1, 0.15) is 38.6 Å². The number of nitrogens with two attached hydrogens (primary N) is 3. The van der Waals surface area contributed by atoms with Gasteiger partial charge in [-0.15, -0.1) is 0 Å². The van der Waals surface area contributed by atoms with Crippen molar-refractivity contribution in [3.05, 3.63) is 24.5 Å². The number of aromatic nitrogens is 5. The summed E-state index contributed by atoms with van der Waals surface area (Å²) in [5.74, 6) is 0.462. The minimum atomic E-state index is 0.0768. The summed E-state index contributed by atoms with van der Waals surface area (Å²) in [5, 5.41) is 5.62. The second kappa shape index (κ2) is 26.8. The van der Waals surface area contributed by atoms with Crippen molar-refractivity contribution >= 4 is 39.9 Å². The normalized spacial score (nSPS) is 13.4. The molecule has 1 saturated heterocycles. The number of piperidine rings is 1. The lowest BCUT2D eigenvalue weighted by atomic mass is 10.0. The van der Waals surface area contributed by atoms with Crippen molar-refractivity contribution in [2.75, 3.05) is 137 Å². The third-order valence-electron chi connectivity index (χ3n) is 8.72. The van der Waals surface area contributed by atoms with Gasteiger partial charge in [0.2, 0.25) is 5.91 Å². The van der Waals surface area contributed by atoms with Gasteiger partial charge in [0, 0.05) is 38.9 Å². The molecule has 0 bridgehead atoms. The van der Waals surface area contributed by atoms with E-state index in [4.69, 9.17) is 64.6 Å². The molecule has 1 fully saturated rings. The first-order valence-corrected chi connectivity index (χ1v) is 19.6. The minimum Gasteiger partial charge on any atom is -0.424 e. The van der Waals surface area contributed by atoms with Gasteiger partial charge >= 0.3 is 0 Å². The first-order valence-electron chi connectivity index (χ1n) is 19.6. The number of ether oxygens (including phenoxy) is 8. The second-order valence-electron chi connectivity index (χ2n) is 12.9. The summed E-state index contributed by atoms with van der Waals surface area (Å²) in [5.41, 5.74) is 20.7. The molecule has 4 aromatic rings. The van der Waals surface area contributed by atoms with Gasteiger partial charge in [0.1, 0.15) is 23.4 Å². The number of carbonyl (C=O) groups is 1. The third kappa shape index (κ3) is 15.7. The molecule has 1 aromatic carbocycles. The van der Waals surface area contributed by atoms with Gasteiger partial charge in [-0.25, -0.2) is 14.6 Å². The smallest absolute Gasteiger partial charge is 0.292 e. The van der Waals surface area contributed by atoms with Gasteiger partial charge in [0.25, 0.3) is 6.01 Å². The number of hydrogen-bond acceptors (Lipinski definition) is 17. The quantitative estimate of drug-likeness (QED) is 0.0734. The Kier molecular flexibility index (Phi) is 21.5. The number of anilines is 2. The fourth-order valence-corrected chi connectivity index (χ4v) is 5.90. The van der Waals surface area contributed by atoms with E-state index in [1.165, 1.54) is 6.33 Å². The van der Waals surface area contributed by atoms with Gasteiger partial charge in [-0.3, -0.25) is 4.79 Å². The number of likely N-dealkylation sites (tertiary alicyclic amines) is 1. The van der Waals surface area contributed by atoms with Crippen LogP contribution in [0.3, 0.4) is 0 Å². The average Bonchev–Trinajstić information content (AvgIpc) is 3.81. The number of rotatable bonds is 27. The number of nitrogen functional groups attached to an aromatic ring is 2. The van der Waals surface area contributed by atoms with E-state index in [0.29, 0.717) is 152 Å². The molecule has 1 amide bonds. The van der Waals surface area contributed by atoms with Crippen molar-refractivity contribution in [2.45, 2.75) is 38.6 Å². The van der Waals surface area contributed by atoms with E-state index in [1.54, 1.807) is 7.11 Å². The van der Waals surface area contributed by atoms with E-state index in [0.717, 1.165) is 31.4 Å². The molecule has 0 aliphatic carbocycles. The topological polar surface area (TPSA) is 242 Å². The molecule has 0 radical (unpaired) electrons. The fraction of sp³-hybridized carbons (Fsp3) is 0.658. The number of nitrogens with zero attached hydrogens (tertiary/aromatic N) is 6.